The topological polar surface area (TPSA) is 40.2 Å². The van der Waals surface area contributed by atoms with Gasteiger partial charge in [-0.15, -0.1) is 11.6 Å². The van der Waals surface area contributed by atoms with Crippen molar-refractivity contribution in [2.45, 2.75) is 22.7 Å². The van der Waals surface area contributed by atoms with Crippen molar-refractivity contribution in [2.24, 2.45) is 0 Å². The predicted octanol–water partition coefficient (Wildman–Crippen LogP) is 6.21. The molecule has 0 fully saturated rings. The summed E-state index contributed by atoms with van der Waals surface area (Å²) in [6.45, 7) is 1.34. The van der Waals surface area contributed by atoms with Crippen molar-refractivity contribution in [2.75, 3.05) is 32.9 Å². The summed E-state index contributed by atoms with van der Waals surface area (Å²) in [5, 5.41) is 0. The molecule has 0 saturated carbocycles. The molecule has 0 bridgehead atoms. The van der Waals surface area contributed by atoms with Crippen LogP contribution < -0.4 is 18.9 Å². The van der Waals surface area contributed by atoms with Gasteiger partial charge in [-0.25, -0.2) is 0 Å². The van der Waals surface area contributed by atoms with Crippen molar-refractivity contribution in [1.82, 2.24) is 4.90 Å². The van der Waals surface area contributed by atoms with E-state index in [0.717, 1.165) is 40.3 Å². The highest BCUT2D eigenvalue weighted by atomic mass is 35.6. The number of nitrogens with zero attached hydrogens (tertiary/aromatic N) is 1. The molecule has 2 aromatic rings. The summed E-state index contributed by atoms with van der Waals surface area (Å²) >= 11 is 25.7. The lowest BCUT2D eigenvalue weighted by Gasteiger charge is -2.45. The number of hydrogen-bond donors (Lipinski definition) is 0. The van der Waals surface area contributed by atoms with Crippen molar-refractivity contribution in [3.63, 3.8) is 0 Å². The van der Waals surface area contributed by atoms with Crippen molar-refractivity contribution in [1.29, 1.82) is 0 Å². The molecule has 0 amide bonds. The van der Waals surface area contributed by atoms with Crippen LogP contribution in [0.3, 0.4) is 0 Å². The standard InChI is InChI=1S/C23H21Cl4NO4/c1-29-17-4-3-14-9-16-15-11-19-18(31-12-32-19)10-13(15)5-7-28(16)22(23(25,26)27)20(14)21(17)30-8-2-6-24/h3-4,9-11,22H,2,5-8,12H2,1H3. The fraction of sp³-hybridized carbons (Fsp3) is 0.391. The van der Waals surface area contributed by atoms with E-state index in [1.54, 1.807) is 7.11 Å². The van der Waals surface area contributed by atoms with Crippen molar-refractivity contribution in [3.05, 3.63) is 46.5 Å². The summed E-state index contributed by atoms with van der Waals surface area (Å²) in [7, 11) is 1.60. The van der Waals surface area contributed by atoms with E-state index in [4.69, 9.17) is 65.4 Å². The Morgan fingerprint density at radius 2 is 1.94 bits per heavy atom. The Hall–Kier alpha value is -1.66. The van der Waals surface area contributed by atoms with E-state index >= 15 is 0 Å². The van der Waals surface area contributed by atoms with Crippen LogP contribution >= 0.6 is 46.4 Å². The average molecular weight is 517 g/mol. The van der Waals surface area contributed by atoms with Gasteiger partial charge in [-0.1, -0.05) is 40.9 Å². The summed E-state index contributed by atoms with van der Waals surface area (Å²) in [5.41, 5.74) is 4.91. The molecule has 5 nitrogen and oxygen atoms in total. The van der Waals surface area contributed by atoms with Gasteiger partial charge < -0.3 is 23.8 Å². The minimum absolute atomic E-state index is 0.226. The third-order valence-corrected chi connectivity index (χ3v) is 6.82. The monoisotopic (exact) mass is 515 g/mol. The number of halogens is 4. The number of ether oxygens (including phenoxy) is 4. The molecule has 3 aliphatic rings. The van der Waals surface area contributed by atoms with E-state index in [9.17, 15) is 0 Å². The molecule has 5 rings (SSSR count). The van der Waals surface area contributed by atoms with Crippen LogP contribution in [0.5, 0.6) is 23.0 Å². The second kappa shape index (κ2) is 8.60. The lowest BCUT2D eigenvalue weighted by Crippen LogP contribution is -2.41. The summed E-state index contributed by atoms with van der Waals surface area (Å²) in [4.78, 5) is 2.13. The van der Waals surface area contributed by atoms with E-state index in [0.29, 0.717) is 37.0 Å². The van der Waals surface area contributed by atoms with Gasteiger partial charge in [-0.05, 0) is 48.2 Å². The van der Waals surface area contributed by atoms with E-state index in [-0.39, 0.29) is 6.79 Å². The number of fused-ring (bicyclic) bond motifs is 5. The Balaban J connectivity index is 1.69. The van der Waals surface area contributed by atoms with Gasteiger partial charge in [-0.3, -0.25) is 0 Å². The molecule has 0 saturated heterocycles. The van der Waals surface area contributed by atoms with Gasteiger partial charge in [-0.2, -0.15) is 0 Å². The Bertz CT molecular complexity index is 1080. The van der Waals surface area contributed by atoms with Crippen LogP contribution in [0.15, 0.2) is 24.3 Å². The van der Waals surface area contributed by atoms with Gasteiger partial charge >= 0.3 is 0 Å². The Kier molecular flexibility index (Phi) is 5.95. The quantitative estimate of drug-likeness (QED) is 0.349. The number of alkyl halides is 4. The van der Waals surface area contributed by atoms with Crippen LogP contribution in [0, 0.1) is 0 Å². The summed E-state index contributed by atoms with van der Waals surface area (Å²) in [5.74, 6) is 3.16. The lowest BCUT2D eigenvalue weighted by molar-refractivity contribution is 0.174. The molecular weight excluding hydrogens is 496 g/mol. The lowest BCUT2D eigenvalue weighted by atomic mass is 9.86. The minimum atomic E-state index is -1.61. The largest absolute Gasteiger partial charge is 0.493 e. The molecule has 3 heterocycles. The Morgan fingerprint density at radius 3 is 2.66 bits per heavy atom. The van der Waals surface area contributed by atoms with Gasteiger partial charge in [0.25, 0.3) is 0 Å². The van der Waals surface area contributed by atoms with Crippen LogP contribution in [-0.2, 0) is 6.42 Å². The zero-order chi connectivity index (χ0) is 22.5. The van der Waals surface area contributed by atoms with Gasteiger partial charge in [0, 0.05) is 29.2 Å². The van der Waals surface area contributed by atoms with Crippen LogP contribution in [0.4, 0.5) is 0 Å². The maximum absolute atomic E-state index is 6.61. The molecule has 0 aliphatic carbocycles. The molecule has 3 aliphatic heterocycles. The number of benzene rings is 2. The van der Waals surface area contributed by atoms with E-state index in [2.05, 4.69) is 11.0 Å². The molecule has 0 spiro atoms. The van der Waals surface area contributed by atoms with Gasteiger partial charge in [0.05, 0.1) is 13.7 Å². The number of methoxy groups -OCH3 is 1. The molecule has 9 heteroatoms. The first-order valence-electron chi connectivity index (χ1n) is 10.3. The van der Waals surface area contributed by atoms with Crippen LogP contribution in [0.2, 0.25) is 0 Å². The average Bonchev–Trinajstić information content (AvgIpc) is 3.23. The molecule has 1 unspecified atom stereocenters. The second-order valence-electron chi connectivity index (χ2n) is 7.77. The molecule has 0 aromatic heterocycles. The van der Waals surface area contributed by atoms with Crippen molar-refractivity contribution in [3.8, 4) is 23.0 Å². The smallest absolute Gasteiger partial charge is 0.231 e. The minimum Gasteiger partial charge on any atom is -0.493 e. The molecule has 0 N–H and O–H groups in total. The Labute approximate surface area is 206 Å². The third-order valence-electron chi connectivity index (χ3n) is 5.93. The van der Waals surface area contributed by atoms with Crippen molar-refractivity contribution < 1.29 is 18.9 Å². The number of rotatable bonds is 5. The fourth-order valence-electron chi connectivity index (χ4n) is 4.56. The van der Waals surface area contributed by atoms with E-state index in [1.165, 1.54) is 5.56 Å². The Morgan fingerprint density at radius 1 is 1.16 bits per heavy atom. The zero-order valence-corrected chi connectivity index (χ0v) is 20.3. The molecule has 0 radical (unpaired) electrons. The first-order chi connectivity index (χ1) is 15.4. The van der Waals surface area contributed by atoms with Gasteiger partial charge in [0.1, 0.15) is 6.04 Å². The number of hydrogen-bond acceptors (Lipinski definition) is 5. The molecule has 1 atom stereocenters. The van der Waals surface area contributed by atoms with E-state index in [1.807, 2.05) is 24.3 Å². The second-order valence-corrected chi connectivity index (χ2v) is 10.5. The highest BCUT2D eigenvalue weighted by molar-refractivity contribution is 6.68. The third kappa shape index (κ3) is 3.73. The molecular formula is C23H21Cl4NO4. The molecule has 170 valence electrons. The fourth-order valence-corrected chi connectivity index (χ4v) is 5.35. The summed E-state index contributed by atoms with van der Waals surface area (Å²) in [6.07, 6.45) is 3.58. The maximum atomic E-state index is 6.61. The first kappa shape index (κ1) is 22.1. The summed E-state index contributed by atoms with van der Waals surface area (Å²) in [6, 6.07) is 7.34. The van der Waals surface area contributed by atoms with Crippen LogP contribution in [-0.4, -0.2) is 41.6 Å². The van der Waals surface area contributed by atoms with Gasteiger partial charge in [0.15, 0.2) is 23.0 Å². The SMILES string of the molecule is COc1ccc2c(c1OCCCCl)C(C(Cl)(Cl)Cl)N1CCc3cc4c(cc3C1=C2)OCO4. The maximum Gasteiger partial charge on any atom is 0.231 e. The zero-order valence-electron chi connectivity index (χ0n) is 17.3. The normalized spacial score (nSPS) is 18.5. The van der Waals surface area contributed by atoms with Crippen LogP contribution in [0.25, 0.3) is 11.8 Å². The van der Waals surface area contributed by atoms with E-state index < -0.39 is 9.83 Å². The highest BCUT2D eigenvalue weighted by Crippen LogP contribution is 2.56. The first-order valence-corrected chi connectivity index (χ1v) is 12.0. The van der Waals surface area contributed by atoms with Gasteiger partial charge in [0.2, 0.25) is 10.6 Å². The van der Waals surface area contributed by atoms with Crippen molar-refractivity contribution >= 4 is 58.2 Å². The van der Waals surface area contributed by atoms with Crippen LogP contribution in [0.1, 0.15) is 34.7 Å². The predicted molar refractivity (Wildman–Crippen MR) is 128 cm³/mol. The summed E-state index contributed by atoms with van der Waals surface area (Å²) < 4.78 is 21.3. The highest BCUT2D eigenvalue weighted by Gasteiger charge is 2.46. The molecule has 2 aromatic carbocycles. The molecule has 32 heavy (non-hydrogen) atoms.